The number of carbonyl (C=O) groups excluding carboxylic acids is 2. The number of anilines is 1. The van der Waals surface area contributed by atoms with Gasteiger partial charge in [-0.1, -0.05) is 0 Å². The van der Waals surface area contributed by atoms with E-state index in [1.54, 1.807) is 41.6 Å². The molecule has 7 nitrogen and oxygen atoms in total. The molecular formula is C19H18N4O3S. The van der Waals surface area contributed by atoms with Crippen molar-refractivity contribution >= 4 is 28.8 Å². The lowest BCUT2D eigenvalue weighted by molar-refractivity contribution is 0.0729. The molecule has 0 fully saturated rings. The number of hydrogen-bond acceptors (Lipinski definition) is 6. The normalized spacial score (nSPS) is 13.7. The molecule has 0 atom stereocenters. The van der Waals surface area contributed by atoms with E-state index in [0.29, 0.717) is 42.4 Å². The van der Waals surface area contributed by atoms with Crippen molar-refractivity contribution in [2.24, 2.45) is 0 Å². The van der Waals surface area contributed by atoms with E-state index in [-0.39, 0.29) is 11.8 Å². The maximum Gasteiger partial charge on any atom is 0.289 e. The number of carbonyl (C=O) groups is 2. The van der Waals surface area contributed by atoms with Crippen LogP contribution in [-0.2, 0) is 12.8 Å². The number of nitrogens with one attached hydrogen (secondary N) is 1. The standard InChI is InChI=1S/C19H18N4O3S/c1-12-2-3-15(26-12)19(25)23-10-6-14-16(7-11-23)27-18(22-14)17(24)21-13-4-8-20-9-5-13/h2-5,8-9H,6-7,10-11H2,1H3,(H,20,21,24). The molecule has 138 valence electrons. The second-order valence-corrected chi connectivity index (χ2v) is 7.37. The number of aromatic nitrogens is 2. The molecule has 0 aliphatic carbocycles. The van der Waals surface area contributed by atoms with Gasteiger partial charge in [0, 0.05) is 48.9 Å². The highest BCUT2D eigenvalue weighted by Gasteiger charge is 2.25. The first kappa shape index (κ1) is 17.4. The van der Waals surface area contributed by atoms with Crippen molar-refractivity contribution in [1.29, 1.82) is 0 Å². The summed E-state index contributed by atoms with van der Waals surface area (Å²) in [6.45, 7) is 2.96. The Bertz CT molecular complexity index is 955. The summed E-state index contributed by atoms with van der Waals surface area (Å²) in [7, 11) is 0. The molecule has 2 amide bonds. The molecule has 8 heteroatoms. The van der Waals surface area contributed by atoms with Crippen molar-refractivity contribution in [2.45, 2.75) is 19.8 Å². The van der Waals surface area contributed by atoms with Gasteiger partial charge in [-0.05, 0) is 31.2 Å². The van der Waals surface area contributed by atoms with Crippen molar-refractivity contribution in [3.05, 3.63) is 63.8 Å². The number of amides is 2. The van der Waals surface area contributed by atoms with E-state index < -0.39 is 0 Å². The number of aryl methyl sites for hydroxylation is 1. The topological polar surface area (TPSA) is 88.3 Å². The molecule has 4 heterocycles. The summed E-state index contributed by atoms with van der Waals surface area (Å²) in [5.74, 6) is 0.758. The lowest BCUT2D eigenvalue weighted by atomic mass is 10.2. The van der Waals surface area contributed by atoms with Crippen LogP contribution in [0.2, 0.25) is 0 Å². The molecule has 0 spiro atoms. The van der Waals surface area contributed by atoms with Crippen molar-refractivity contribution in [3.8, 4) is 0 Å². The maximum atomic E-state index is 12.6. The largest absolute Gasteiger partial charge is 0.456 e. The Labute approximate surface area is 160 Å². The van der Waals surface area contributed by atoms with Crippen LogP contribution in [0.3, 0.4) is 0 Å². The Kier molecular flexibility index (Phi) is 4.72. The average molecular weight is 382 g/mol. The van der Waals surface area contributed by atoms with Crippen molar-refractivity contribution < 1.29 is 14.0 Å². The Morgan fingerprint density at radius 3 is 2.67 bits per heavy atom. The lowest BCUT2D eigenvalue weighted by Crippen LogP contribution is -2.33. The summed E-state index contributed by atoms with van der Waals surface area (Å²) >= 11 is 1.39. The molecule has 1 aliphatic heterocycles. The highest BCUT2D eigenvalue weighted by molar-refractivity contribution is 7.13. The van der Waals surface area contributed by atoms with Crippen LogP contribution in [0.25, 0.3) is 0 Å². The van der Waals surface area contributed by atoms with Gasteiger partial charge in [-0.3, -0.25) is 14.6 Å². The molecular weight excluding hydrogens is 364 g/mol. The zero-order valence-electron chi connectivity index (χ0n) is 14.8. The Balaban J connectivity index is 1.43. The second-order valence-electron chi connectivity index (χ2n) is 6.28. The minimum absolute atomic E-state index is 0.103. The quantitative estimate of drug-likeness (QED) is 0.752. The molecule has 3 aromatic heterocycles. The predicted molar refractivity (Wildman–Crippen MR) is 101 cm³/mol. The average Bonchev–Trinajstić information content (AvgIpc) is 3.24. The maximum absolute atomic E-state index is 12.6. The van der Waals surface area contributed by atoms with E-state index in [1.165, 1.54) is 11.3 Å². The Morgan fingerprint density at radius 2 is 1.93 bits per heavy atom. The molecule has 3 aromatic rings. The Hall–Kier alpha value is -3.00. The molecule has 0 bridgehead atoms. The smallest absolute Gasteiger partial charge is 0.289 e. The molecule has 1 N–H and O–H groups in total. The fraction of sp³-hybridized carbons (Fsp3) is 0.263. The van der Waals surface area contributed by atoms with Crippen LogP contribution in [0.1, 0.15) is 36.7 Å². The fourth-order valence-electron chi connectivity index (χ4n) is 2.99. The highest BCUT2D eigenvalue weighted by atomic mass is 32.1. The van der Waals surface area contributed by atoms with Gasteiger partial charge in [-0.15, -0.1) is 11.3 Å². The molecule has 0 unspecified atom stereocenters. The van der Waals surface area contributed by atoms with Gasteiger partial charge >= 0.3 is 0 Å². The number of pyridine rings is 1. The van der Waals surface area contributed by atoms with E-state index in [4.69, 9.17) is 4.42 Å². The van der Waals surface area contributed by atoms with Crippen LogP contribution in [-0.4, -0.2) is 39.8 Å². The molecule has 1 aliphatic rings. The zero-order valence-corrected chi connectivity index (χ0v) is 15.6. The van der Waals surface area contributed by atoms with Crippen molar-refractivity contribution in [1.82, 2.24) is 14.9 Å². The second kappa shape index (κ2) is 7.32. The first-order valence-corrected chi connectivity index (χ1v) is 9.47. The van der Waals surface area contributed by atoms with Crippen molar-refractivity contribution in [2.75, 3.05) is 18.4 Å². The van der Waals surface area contributed by atoms with Crippen LogP contribution in [0.5, 0.6) is 0 Å². The van der Waals surface area contributed by atoms with E-state index in [2.05, 4.69) is 15.3 Å². The summed E-state index contributed by atoms with van der Waals surface area (Å²) in [4.78, 5) is 36.3. The first-order chi connectivity index (χ1) is 13.1. The summed E-state index contributed by atoms with van der Waals surface area (Å²) in [6.07, 6.45) is 4.55. The van der Waals surface area contributed by atoms with Crippen LogP contribution >= 0.6 is 11.3 Å². The van der Waals surface area contributed by atoms with Crippen LogP contribution in [0.15, 0.2) is 41.1 Å². The van der Waals surface area contributed by atoms with Gasteiger partial charge in [-0.25, -0.2) is 4.98 Å². The summed E-state index contributed by atoms with van der Waals surface area (Å²) in [6, 6.07) is 6.96. The number of nitrogens with zero attached hydrogens (tertiary/aromatic N) is 3. The van der Waals surface area contributed by atoms with Crippen molar-refractivity contribution in [3.63, 3.8) is 0 Å². The number of hydrogen-bond donors (Lipinski definition) is 1. The lowest BCUT2D eigenvalue weighted by Gasteiger charge is -2.18. The Morgan fingerprint density at radius 1 is 1.15 bits per heavy atom. The monoisotopic (exact) mass is 382 g/mol. The van der Waals surface area contributed by atoms with Gasteiger partial charge in [0.1, 0.15) is 5.76 Å². The fourth-order valence-corrected chi connectivity index (χ4v) is 3.98. The van der Waals surface area contributed by atoms with Gasteiger partial charge in [0.15, 0.2) is 10.8 Å². The van der Waals surface area contributed by atoms with Gasteiger partial charge in [0.2, 0.25) is 0 Å². The summed E-state index contributed by atoms with van der Waals surface area (Å²) in [5, 5.41) is 3.27. The minimum atomic E-state index is -0.224. The molecule has 0 saturated carbocycles. The number of rotatable bonds is 3. The molecule has 27 heavy (non-hydrogen) atoms. The van der Waals surface area contributed by atoms with Crippen LogP contribution in [0.4, 0.5) is 5.69 Å². The van der Waals surface area contributed by atoms with Crippen LogP contribution < -0.4 is 5.32 Å². The first-order valence-electron chi connectivity index (χ1n) is 8.66. The highest BCUT2D eigenvalue weighted by Crippen LogP contribution is 2.24. The molecule has 4 rings (SSSR count). The SMILES string of the molecule is Cc1ccc(C(=O)N2CCc3nc(C(=O)Nc4ccncc4)sc3CC2)o1. The minimum Gasteiger partial charge on any atom is -0.456 e. The molecule has 0 aromatic carbocycles. The summed E-state index contributed by atoms with van der Waals surface area (Å²) < 4.78 is 5.44. The number of fused-ring (bicyclic) bond motifs is 1. The molecule has 0 saturated heterocycles. The van der Waals surface area contributed by atoms with Gasteiger partial charge in [0.05, 0.1) is 5.69 Å². The third-order valence-electron chi connectivity index (χ3n) is 4.38. The summed E-state index contributed by atoms with van der Waals surface area (Å²) in [5.41, 5.74) is 1.58. The number of furan rings is 1. The third kappa shape index (κ3) is 3.75. The predicted octanol–water partition coefficient (Wildman–Crippen LogP) is 2.93. The van der Waals surface area contributed by atoms with Crippen LogP contribution in [0, 0.1) is 6.92 Å². The molecule has 0 radical (unpaired) electrons. The van der Waals surface area contributed by atoms with E-state index in [1.807, 2.05) is 6.92 Å². The van der Waals surface area contributed by atoms with Gasteiger partial charge in [-0.2, -0.15) is 0 Å². The number of thiazole rings is 1. The van der Waals surface area contributed by atoms with E-state index in [0.717, 1.165) is 16.3 Å². The van der Waals surface area contributed by atoms with E-state index in [9.17, 15) is 9.59 Å². The van der Waals surface area contributed by atoms with Gasteiger partial charge < -0.3 is 14.6 Å². The third-order valence-corrected chi connectivity index (χ3v) is 5.53. The van der Waals surface area contributed by atoms with Gasteiger partial charge in [0.25, 0.3) is 11.8 Å². The van der Waals surface area contributed by atoms with E-state index >= 15 is 0 Å². The zero-order chi connectivity index (χ0) is 18.8.